The second-order valence-corrected chi connectivity index (χ2v) is 6.44. The number of carboxylic acids is 1. The van der Waals surface area contributed by atoms with Crippen molar-refractivity contribution in [1.82, 2.24) is 4.98 Å². The lowest BCUT2D eigenvalue weighted by Crippen LogP contribution is -2.12. The molecule has 0 radical (unpaired) electrons. The summed E-state index contributed by atoms with van der Waals surface area (Å²) in [5.74, 6) is -1.35. The Labute approximate surface area is 137 Å². The van der Waals surface area contributed by atoms with Crippen molar-refractivity contribution >= 4 is 39.9 Å². The molecule has 0 aliphatic carbocycles. The standard InChI is InChI=1S/C15H15ClN2O3S/c1-8-7-10(3-4-11(8)16)14-9(2)22-15(18-14)17-12(19)5-6-13(20)21/h3-4,7H,5-6H2,1-2H3,(H,20,21)(H,17,18,19). The Bertz CT molecular complexity index is 728. The van der Waals surface area contributed by atoms with Gasteiger partial charge in [-0.25, -0.2) is 4.98 Å². The number of rotatable bonds is 5. The molecule has 0 unspecified atom stereocenters. The van der Waals surface area contributed by atoms with E-state index in [9.17, 15) is 9.59 Å². The predicted octanol–water partition coefficient (Wildman–Crippen LogP) is 3.88. The summed E-state index contributed by atoms with van der Waals surface area (Å²) >= 11 is 7.38. The number of benzene rings is 1. The summed E-state index contributed by atoms with van der Waals surface area (Å²) in [5.41, 5.74) is 2.68. The number of aryl methyl sites for hydroxylation is 2. The number of nitrogens with zero attached hydrogens (tertiary/aromatic N) is 1. The monoisotopic (exact) mass is 338 g/mol. The van der Waals surface area contributed by atoms with Crippen LogP contribution < -0.4 is 5.32 Å². The van der Waals surface area contributed by atoms with Gasteiger partial charge in [-0.2, -0.15) is 0 Å². The highest BCUT2D eigenvalue weighted by atomic mass is 35.5. The molecule has 22 heavy (non-hydrogen) atoms. The second-order valence-electron chi connectivity index (χ2n) is 4.83. The maximum Gasteiger partial charge on any atom is 0.303 e. The van der Waals surface area contributed by atoms with Crippen molar-refractivity contribution in [3.05, 3.63) is 33.7 Å². The van der Waals surface area contributed by atoms with Gasteiger partial charge in [0.25, 0.3) is 0 Å². The highest BCUT2D eigenvalue weighted by Crippen LogP contribution is 2.32. The molecule has 2 rings (SSSR count). The first kappa shape index (κ1) is 16.5. The summed E-state index contributed by atoms with van der Waals surface area (Å²) in [6.45, 7) is 3.84. The van der Waals surface area contributed by atoms with Crippen LogP contribution in [0.2, 0.25) is 5.02 Å². The quantitative estimate of drug-likeness (QED) is 0.867. The third-order valence-corrected chi connectivity index (χ3v) is 4.35. The molecule has 1 aromatic carbocycles. The fraction of sp³-hybridized carbons (Fsp3) is 0.267. The lowest BCUT2D eigenvalue weighted by Gasteiger charge is -2.02. The maximum absolute atomic E-state index is 11.6. The lowest BCUT2D eigenvalue weighted by molar-refractivity contribution is -0.138. The first-order valence-electron chi connectivity index (χ1n) is 6.62. The van der Waals surface area contributed by atoms with Crippen molar-refractivity contribution in [2.75, 3.05) is 5.32 Å². The Morgan fingerprint density at radius 3 is 2.68 bits per heavy atom. The van der Waals surface area contributed by atoms with E-state index in [2.05, 4.69) is 10.3 Å². The van der Waals surface area contributed by atoms with Crippen molar-refractivity contribution < 1.29 is 14.7 Å². The first-order chi connectivity index (χ1) is 10.4. The SMILES string of the molecule is Cc1cc(-c2nc(NC(=O)CCC(=O)O)sc2C)ccc1Cl. The minimum atomic E-state index is -0.997. The van der Waals surface area contributed by atoms with Crippen LogP contribution in [0.25, 0.3) is 11.3 Å². The number of aliphatic carboxylic acids is 1. The Morgan fingerprint density at radius 1 is 1.32 bits per heavy atom. The van der Waals surface area contributed by atoms with Gasteiger partial charge >= 0.3 is 5.97 Å². The first-order valence-corrected chi connectivity index (χ1v) is 7.82. The number of nitrogens with one attached hydrogen (secondary N) is 1. The number of thiazole rings is 1. The van der Waals surface area contributed by atoms with Crippen LogP contribution in [0.3, 0.4) is 0 Å². The smallest absolute Gasteiger partial charge is 0.303 e. The van der Waals surface area contributed by atoms with Gasteiger partial charge < -0.3 is 10.4 Å². The summed E-state index contributed by atoms with van der Waals surface area (Å²) in [6, 6.07) is 5.64. The van der Waals surface area contributed by atoms with E-state index >= 15 is 0 Å². The van der Waals surface area contributed by atoms with E-state index in [0.717, 1.165) is 21.7 Å². The molecule has 7 heteroatoms. The molecule has 2 aromatic rings. The van der Waals surface area contributed by atoms with Gasteiger partial charge in [0.2, 0.25) is 5.91 Å². The largest absolute Gasteiger partial charge is 0.481 e. The highest BCUT2D eigenvalue weighted by molar-refractivity contribution is 7.16. The fourth-order valence-corrected chi connectivity index (χ4v) is 2.88. The third kappa shape index (κ3) is 4.05. The van der Waals surface area contributed by atoms with E-state index in [1.54, 1.807) is 0 Å². The molecule has 0 aliphatic rings. The molecule has 0 fully saturated rings. The number of carbonyl (C=O) groups excluding carboxylic acids is 1. The van der Waals surface area contributed by atoms with E-state index in [4.69, 9.17) is 16.7 Å². The summed E-state index contributed by atoms with van der Waals surface area (Å²) in [5, 5.41) is 12.4. The van der Waals surface area contributed by atoms with Crippen LogP contribution in [0, 0.1) is 13.8 Å². The zero-order valence-corrected chi connectivity index (χ0v) is 13.7. The summed E-state index contributed by atoms with van der Waals surface area (Å²) < 4.78 is 0. The van der Waals surface area contributed by atoms with Crippen molar-refractivity contribution in [3.8, 4) is 11.3 Å². The average molecular weight is 339 g/mol. The molecule has 0 saturated heterocycles. The van der Waals surface area contributed by atoms with E-state index in [-0.39, 0.29) is 18.7 Å². The van der Waals surface area contributed by atoms with Gasteiger partial charge in [0.05, 0.1) is 12.1 Å². The highest BCUT2D eigenvalue weighted by Gasteiger charge is 2.13. The summed E-state index contributed by atoms with van der Waals surface area (Å²) in [4.78, 5) is 27.5. The maximum atomic E-state index is 11.6. The van der Waals surface area contributed by atoms with Crippen LogP contribution >= 0.6 is 22.9 Å². The number of halogens is 1. The minimum absolute atomic E-state index is 0.0661. The molecule has 0 bridgehead atoms. The van der Waals surface area contributed by atoms with Crippen molar-refractivity contribution in [2.24, 2.45) is 0 Å². The molecular formula is C15H15ClN2O3S. The Hall–Kier alpha value is -1.92. The Morgan fingerprint density at radius 2 is 2.05 bits per heavy atom. The summed E-state index contributed by atoms with van der Waals surface area (Å²) in [6.07, 6.45) is -0.261. The van der Waals surface area contributed by atoms with Crippen LogP contribution in [0.5, 0.6) is 0 Å². The molecule has 5 nitrogen and oxygen atoms in total. The van der Waals surface area contributed by atoms with Crippen LogP contribution in [0.1, 0.15) is 23.3 Å². The second kappa shape index (κ2) is 6.89. The van der Waals surface area contributed by atoms with Gasteiger partial charge in [0.1, 0.15) is 0 Å². The lowest BCUT2D eigenvalue weighted by atomic mass is 10.1. The molecule has 116 valence electrons. The molecule has 1 aromatic heterocycles. The van der Waals surface area contributed by atoms with Gasteiger partial charge in [-0.15, -0.1) is 11.3 Å². The molecule has 0 aliphatic heterocycles. The van der Waals surface area contributed by atoms with Crippen molar-refractivity contribution in [2.45, 2.75) is 26.7 Å². The summed E-state index contributed by atoms with van der Waals surface area (Å²) in [7, 11) is 0. The van der Waals surface area contributed by atoms with Crippen molar-refractivity contribution in [3.63, 3.8) is 0 Å². The molecule has 1 heterocycles. The number of amides is 1. The molecule has 0 spiro atoms. The van der Waals surface area contributed by atoms with E-state index in [0.29, 0.717) is 10.2 Å². The average Bonchev–Trinajstić information content (AvgIpc) is 2.80. The van der Waals surface area contributed by atoms with Crippen LogP contribution in [0.4, 0.5) is 5.13 Å². The zero-order valence-electron chi connectivity index (χ0n) is 12.1. The number of carbonyl (C=O) groups is 2. The number of carboxylic acid groups (broad SMARTS) is 1. The third-order valence-electron chi connectivity index (χ3n) is 3.04. The number of anilines is 1. The molecular weight excluding hydrogens is 324 g/mol. The normalized spacial score (nSPS) is 10.5. The number of hydrogen-bond acceptors (Lipinski definition) is 4. The van der Waals surface area contributed by atoms with Gasteiger partial charge in [0.15, 0.2) is 5.13 Å². The van der Waals surface area contributed by atoms with Crippen LogP contribution in [0.15, 0.2) is 18.2 Å². The fourth-order valence-electron chi connectivity index (χ4n) is 1.91. The van der Waals surface area contributed by atoms with Gasteiger partial charge in [-0.3, -0.25) is 9.59 Å². The van der Waals surface area contributed by atoms with Crippen molar-refractivity contribution in [1.29, 1.82) is 0 Å². The molecule has 1 amide bonds. The predicted molar refractivity (Wildman–Crippen MR) is 87.5 cm³/mol. The Kier molecular flexibility index (Phi) is 5.15. The topological polar surface area (TPSA) is 79.3 Å². The van der Waals surface area contributed by atoms with E-state index in [1.807, 2.05) is 32.0 Å². The molecule has 2 N–H and O–H groups in total. The van der Waals surface area contributed by atoms with E-state index in [1.165, 1.54) is 11.3 Å². The molecule has 0 saturated carbocycles. The zero-order chi connectivity index (χ0) is 16.3. The Balaban J connectivity index is 2.15. The minimum Gasteiger partial charge on any atom is -0.481 e. The van der Waals surface area contributed by atoms with Gasteiger partial charge in [-0.1, -0.05) is 17.7 Å². The number of hydrogen-bond donors (Lipinski definition) is 2. The number of aromatic nitrogens is 1. The van der Waals surface area contributed by atoms with Crippen LogP contribution in [-0.4, -0.2) is 22.0 Å². The molecule has 0 atom stereocenters. The van der Waals surface area contributed by atoms with E-state index < -0.39 is 5.97 Å². The van der Waals surface area contributed by atoms with Gasteiger partial charge in [0, 0.05) is 21.9 Å². The van der Waals surface area contributed by atoms with Crippen LogP contribution in [-0.2, 0) is 9.59 Å². The van der Waals surface area contributed by atoms with Gasteiger partial charge in [-0.05, 0) is 31.5 Å².